The molecule has 1 fully saturated rings. The molecule has 0 aliphatic carbocycles. The minimum atomic E-state index is -0.340. The van der Waals surface area contributed by atoms with Crippen molar-refractivity contribution in [1.29, 1.82) is 0 Å². The summed E-state index contributed by atoms with van der Waals surface area (Å²) in [5.74, 6) is 0.708. The molecule has 1 unspecified atom stereocenters. The summed E-state index contributed by atoms with van der Waals surface area (Å²) in [6, 6.07) is 5.71. The SMILES string of the molecule is Nc1ccc(Br)cc1SCC1CNC(=O)O1. The quantitative estimate of drug-likeness (QED) is 0.664. The average Bonchev–Trinajstić information content (AvgIpc) is 2.66. The average molecular weight is 303 g/mol. The van der Waals surface area contributed by atoms with Gasteiger partial charge in [0.05, 0.1) is 6.54 Å². The predicted octanol–water partition coefficient (Wildman–Crippen LogP) is 2.23. The number of nitrogens with two attached hydrogens (primary N) is 1. The van der Waals surface area contributed by atoms with Gasteiger partial charge in [-0.1, -0.05) is 15.9 Å². The molecule has 4 nitrogen and oxygen atoms in total. The van der Waals surface area contributed by atoms with Crippen molar-refractivity contribution in [3.63, 3.8) is 0 Å². The Balaban J connectivity index is 1.94. The second-order valence-corrected chi connectivity index (χ2v) is 5.38. The highest BCUT2D eigenvalue weighted by molar-refractivity contribution is 9.10. The monoisotopic (exact) mass is 302 g/mol. The van der Waals surface area contributed by atoms with Gasteiger partial charge in [-0.3, -0.25) is 0 Å². The van der Waals surface area contributed by atoms with Crippen molar-refractivity contribution >= 4 is 39.5 Å². The van der Waals surface area contributed by atoms with E-state index in [1.54, 1.807) is 11.8 Å². The highest BCUT2D eigenvalue weighted by atomic mass is 79.9. The third-order valence-electron chi connectivity index (χ3n) is 2.15. The van der Waals surface area contributed by atoms with E-state index in [2.05, 4.69) is 21.2 Å². The first-order chi connectivity index (χ1) is 7.65. The first-order valence-corrected chi connectivity index (χ1v) is 6.55. The number of halogens is 1. The third-order valence-corrected chi connectivity index (χ3v) is 3.84. The Morgan fingerprint density at radius 3 is 3.12 bits per heavy atom. The summed E-state index contributed by atoms with van der Waals surface area (Å²) in [4.78, 5) is 11.8. The molecule has 86 valence electrons. The second kappa shape index (κ2) is 4.97. The van der Waals surface area contributed by atoms with E-state index in [1.165, 1.54) is 0 Å². The molecule has 1 aromatic rings. The predicted molar refractivity (Wildman–Crippen MR) is 67.6 cm³/mol. The number of anilines is 1. The number of thioether (sulfide) groups is 1. The number of nitrogen functional groups attached to an aromatic ring is 1. The van der Waals surface area contributed by atoms with Gasteiger partial charge in [0.2, 0.25) is 0 Å². The minimum Gasteiger partial charge on any atom is -0.443 e. The van der Waals surface area contributed by atoms with Crippen LogP contribution < -0.4 is 11.1 Å². The zero-order valence-electron chi connectivity index (χ0n) is 8.40. The largest absolute Gasteiger partial charge is 0.443 e. The van der Waals surface area contributed by atoms with Crippen molar-refractivity contribution in [2.45, 2.75) is 11.0 Å². The summed E-state index contributed by atoms with van der Waals surface area (Å²) < 4.78 is 6.02. The van der Waals surface area contributed by atoms with Gasteiger partial charge < -0.3 is 15.8 Å². The molecule has 1 aliphatic rings. The Labute approximate surface area is 106 Å². The maximum Gasteiger partial charge on any atom is 0.407 e. The molecule has 6 heteroatoms. The van der Waals surface area contributed by atoms with Gasteiger partial charge in [-0.05, 0) is 18.2 Å². The van der Waals surface area contributed by atoms with Crippen LogP contribution in [0.15, 0.2) is 27.6 Å². The normalized spacial score (nSPS) is 19.3. The number of rotatable bonds is 3. The molecule has 1 aliphatic heterocycles. The summed E-state index contributed by atoms with van der Waals surface area (Å²) in [6.07, 6.45) is -0.413. The molecule has 0 radical (unpaired) electrons. The van der Waals surface area contributed by atoms with Crippen LogP contribution in [-0.4, -0.2) is 24.5 Å². The van der Waals surface area contributed by atoms with E-state index in [-0.39, 0.29) is 12.2 Å². The molecule has 2 rings (SSSR count). The third kappa shape index (κ3) is 2.82. The van der Waals surface area contributed by atoms with E-state index in [4.69, 9.17) is 10.5 Å². The highest BCUT2D eigenvalue weighted by Gasteiger charge is 2.22. The van der Waals surface area contributed by atoms with Crippen molar-refractivity contribution in [3.05, 3.63) is 22.7 Å². The molecule has 16 heavy (non-hydrogen) atoms. The maximum absolute atomic E-state index is 10.8. The molecular formula is C10H11BrN2O2S. The van der Waals surface area contributed by atoms with E-state index in [0.717, 1.165) is 15.1 Å². The lowest BCUT2D eigenvalue weighted by Crippen LogP contribution is -2.16. The van der Waals surface area contributed by atoms with Crippen LogP contribution in [0.4, 0.5) is 10.5 Å². The van der Waals surface area contributed by atoms with Crippen LogP contribution in [0.25, 0.3) is 0 Å². The van der Waals surface area contributed by atoms with Crippen LogP contribution in [0, 0.1) is 0 Å². The molecular weight excluding hydrogens is 292 g/mol. The number of nitrogens with one attached hydrogen (secondary N) is 1. The number of hydrogen-bond acceptors (Lipinski definition) is 4. The number of carbonyl (C=O) groups excluding carboxylic acids is 1. The number of hydrogen-bond donors (Lipinski definition) is 2. The van der Waals surface area contributed by atoms with Crippen LogP contribution in [-0.2, 0) is 4.74 Å². The van der Waals surface area contributed by atoms with Crippen molar-refractivity contribution < 1.29 is 9.53 Å². The number of alkyl carbamates (subject to hydrolysis) is 1. The van der Waals surface area contributed by atoms with Gasteiger partial charge in [0.1, 0.15) is 6.10 Å². The Morgan fingerprint density at radius 1 is 1.62 bits per heavy atom. The second-order valence-electron chi connectivity index (χ2n) is 3.40. The Kier molecular flexibility index (Phi) is 3.60. The van der Waals surface area contributed by atoms with Crippen LogP contribution in [0.3, 0.4) is 0 Å². The Morgan fingerprint density at radius 2 is 2.44 bits per heavy atom. The van der Waals surface area contributed by atoms with Crippen LogP contribution >= 0.6 is 27.7 Å². The summed E-state index contributed by atoms with van der Waals surface area (Å²) in [6.45, 7) is 0.569. The molecule has 0 bridgehead atoms. The zero-order valence-corrected chi connectivity index (χ0v) is 10.8. The minimum absolute atomic E-state index is 0.0733. The van der Waals surface area contributed by atoms with Gasteiger partial charge in [0.15, 0.2) is 0 Å². The van der Waals surface area contributed by atoms with E-state index in [1.807, 2.05) is 18.2 Å². The lowest BCUT2D eigenvalue weighted by Gasteiger charge is -2.09. The van der Waals surface area contributed by atoms with E-state index < -0.39 is 0 Å². The fourth-order valence-electron chi connectivity index (χ4n) is 1.34. The Hall–Kier alpha value is -0.880. The van der Waals surface area contributed by atoms with Crippen LogP contribution in [0.2, 0.25) is 0 Å². The van der Waals surface area contributed by atoms with Crippen molar-refractivity contribution in [2.24, 2.45) is 0 Å². The van der Waals surface area contributed by atoms with Crippen molar-refractivity contribution in [1.82, 2.24) is 5.32 Å². The van der Waals surface area contributed by atoms with Gasteiger partial charge in [0.25, 0.3) is 0 Å². The molecule has 0 saturated carbocycles. The maximum atomic E-state index is 10.8. The standard InChI is InChI=1S/C10H11BrN2O2S/c11-6-1-2-8(12)9(3-6)16-5-7-4-13-10(14)15-7/h1-3,7H,4-5,12H2,(H,13,14). The molecule has 1 heterocycles. The van der Waals surface area contributed by atoms with Gasteiger partial charge in [0, 0.05) is 20.8 Å². The van der Waals surface area contributed by atoms with Crippen LogP contribution in [0.1, 0.15) is 0 Å². The Bertz CT molecular complexity index is 414. The van der Waals surface area contributed by atoms with E-state index >= 15 is 0 Å². The number of benzene rings is 1. The number of cyclic esters (lactones) is 1. The topological polar surface area (TPSA) is 64.3 Å². The zero-order chi connectivity index (χ0) is 11.5. The number of ether oxygens (including phenoxy) is 1. The first kappa shape index (κ1) is 11.6. The fourth-order valence-corrected chi connectivity index (χ4v) is 2.85. The van der Waals surface area contributed by atoms with Gasteiger partial charge in [-0.2, -0.15) is 0 Å². The van der Waals surface area contributed by atoms with Gasteiger partial charge >= 0.3 is 6.09 Å². The van der Waals surface area contributed by atoms with Crippen molar-refractivity contribution in [3.8, 4) is 0 Å². The molecule has 1 amide bonds. The molecule has 0 aromatic heterocycles. The molecule has 3 N–H and O–H groups in total. The van der Waals surface area contributed by atoms with Gasteiger partial charge in [-0.15, -0.1) is 11.8 Å². The van der Waals surface area contributed by atoms with E-state index in [9.17, 15) is 4.79 Å². The molecule has 1 saturated heterocycles. The number of amides is 1. The molecule has 1 aromatic carbocycles. The summed E-state index contributed by atoms with van der Waals surface area (Å²) in [5.41, 5.74) is 6.58. The summed E-state index contributed by atoms with van der Waals surface area (Å²) in [5, 5.41) is 2.62. The fraction of sp³-hybridized carbons (Fsp3) is 0.300. The summed E-state index contributed by atoms with van der Waals surface area (Å²) >= 11 is 4.98. The molecule has 0 spiro atoms. The summed E-state index contributed by atoms with van der Waals surface area (Å²) in [7, 11) is 0. The van der Waals surface area contributed by atoms with E-state index in [0.29, 0.717) is 12.3 Å². The molecule has 1 atom stereocenters. The lowest BCUT2D eigenvalue weighted by atomic mass is 10.3. The lowest BCUT2D eigenvalue weighted by molar-refractivity contribution is 0.150. The number of carbonyl (C=O) groups is 1. The van der Waals surface area contributed by atoms with Gasteiger partial charge in [-0.25, -0.2) is 4.79 Å². The first-order valence-electron chi connectivity index (χ1n) is 4.77. The highest BCUT2D eigenvalue weighted by Crippen LogP contribution is 2.29. The smallest absolute Gasteiger partial charge is 0.407 e. The van der Waals surface area contributed by atoms with Crippen molar-refractivity contribution in [2.75, 3.05) is 18.0 Å². The van der Waals surface area contributed by atoms with Crippen LogP contribution in [0.5, 0.6) is 0 Å².